The van der Waals surface area contributed by atoms with E-state index in [9.17, 15) is 9.59 Å². The molecule has 4 nitrogen and oxygen atoms in total. The quantitative estimate of drug-likeness (QED) is 0.468. The van der Waals surface area contributed by atoms with Gasteiger partial charge >= 0.3 is 0 Å². The van der Waals surface area contributed by atoms with Crippen LogP contribution in [-0.2, 0) is 4.79 Å². The molecule has 3 aromatic rings. The van der Waals surface area contributed by atoms with Gasteiger partial charge < -0.3 is 10.6 Å². The van der Waals surface area contributed by atoms with E-state index in [4.69, 9.17) is 0 Å². The molecule has 0 unspecified atom stereocenters. The summed E-state index contributed by atoms with van der Waals surface area (Å²) in [4.78, 5) is 25.3. The topological polar surface area (TPSA) is 58.2 Å². The summed E-state index contributed by atoms with van der Waals surface area (Å²) in [5.41, 5.74) is 3.34. The largest absolute Gasteiger partial charge is 0.321 e. The minimum Gasteiger partial charge on any atom is -0.321 e. The van der Waals surface area contributed by atoms with Crippen LogP contribution in [0.4, 0.5) is 5.69 Å². The number of hydrogen-bond acceptors (Lipinski definition) is 2. The first-order chi connectivity index (χ1) is 14.1. The number of carbonyl (C=O) groups excluding carboxylic acids is 2. The van der Waals surface area contributed by atoms with Crippen LogP contribution in [-0.4, -0.2) is 11.8 Å². The van der Waals surface area contributed by atoms with Gasteiger partial charge in [0.05, 0.1) is 0 Å². The third kappa shape index (κ3) is 6.04. The van der Waals surface area contributed by atoms with Crippen molar-refractivity contribution in [1.82, 2.24) is 5.32 Å². The van der Waals surface area contributed by atoms with Crippen LogP contribution in [0.15, 0.2) is 103 Å². The number of aryl methyl sites for hydroxylation is 1. The molecule has 0 aliphatic carbocycles. The van der Waals surface area contributed by atoms with E-state index in [0.717, 1.165) is 11.1 Å². The molecule has 0 atom stereocenters. The Morgan fingerprint density at radius 1 is 0.828 bits per heavy atom. The Balaban J connectivity index is 1.81. The molecule has 3 rings (SSSR count). The van der Waals surface area contributed by atoms with Crippen molar-refractivity contribution < 1.29 is 9.59 Å². The average Bonchev–Trinajstić information content (AvgIpc) is 2.74. The highest BCUT2D eigenvalue weighted by Crippen LogP contribution is 2.11. The van der Waals surface area contributed by atoms with Gasteiger partial charge in [-0.25, -0.2) is 0 Å². The fourth-order valence-electron chi connectivity index (χ4n) is 2.70. The number of anilines is 1. The van der Waals surface area contributed by atoms with Crippen LogP contribution in [0, 0.1) is 6.92 Å². The molecule has 0 aliphatic rings. The lowest BCUT2D eigenvalue weighted by Crippen LogP contribution is -2.30. The van der Waals surface area contributed by atoms with E-state index < -0.39 is 5.91 Å². The van der Waals surface area contributed by atoms with Crippen LogP contribution in [0.1, 0.15) is 21.5 Å². The molecule has 0 saturated carbocycles. The van der Waals surface area contributed by atoms with Gasteiger partial charge in [0.2, 0.25) is 0 Å². The molecule has 0 saturated heterocycles. The Hall–Kier alpha value is -3.92. The van der Waals surface area contributed by atoms with Crippen molar-refractivity contribution >= 4 is 23.6 Å². The predicted molar refractivity (Wildman–Crippen MR) is 117 cm³/mol. The first-order valence-electron chi connectivity index (χ1n) is 9.29. The molecular weight excluding hydrogens is 360 g/mol. The molecule has 0 aromatic heterocycles. The maximum atomic E-state index is 12.8. The van der Waals surface area contributed by atoms with Crippen molar-refractivity contribution in [2.24, 2.45) is 0 Å². The van der Waals surface area contributed by atoms with Gasteiger partial charge in [-0.3, -0.25) is 9.59 Å². The van der Waals surface area contributed by atoms with Crippen LogP contribution >= 0.6 is 0 Å². The van der Waals surface area contributed by atoms with Crippen LogP contribution in [0.3, 0.4) is 0 Å². The van der Waals surface area contributed by atoms with Crippen LogP contribution < -0.4 is 10.6 Å². The Morgan fingerprint density at radius 3 is 2.21 bits per heavy atom. The van der Waals surface area contributed by atoms with E-state index >= 15 is 0 Å². The van der Waals surface area contributed by atoms with Crippen LogP contribution in [0.25, 0.3) is 6.08 Å². The fraction of sp³-hybridized carbons (Fsp3) is 0.0400. The molecule has 2 amide bonds. The van der Waals surface area contributed by atoms with Gasteiger partial charge in [-0.05, 0) is 48.4 Å². The van der Waals surface area contributed by atoms with E-state index in [0.29, 0.717) is 11.3 Å². The molecule has 0 aliphatic heterocycles. The van der Waals surface area contributed by atoms with Crippen molar-refractivity contribution in [2.45, 2.75) is 6.92 Å². The molecule has 29 heavy (non-hydrogen) atoms. The third-order valence-electron chi connectivity index (χ3n) is 4.16. The number of benzene rings is 3. The number of amides is 2. The lowest BCUT2D eigenvalue weighted by atomic mass is 10.2. The van der Waals surface area contributed by atoms with Gasteiger partial charge in [0.25, 0.3) is 11.8 Å². The summed E-state index contributed by atoms with van der Waals surface area (Å²) < 4.78 is 0. The molecule has 144 valence electrons. The summed E-state index contributed by atoms with van der Waals surface area (Å²) >= 11 is 0. The van der Waals surface area contributed by atoms with E-state index in [1.54, 1.807) is 42.5 Å². The monoisotopic (exact) mass is 382 g/mol. The normalized spacial score (nSPS) is 11.3. The first kappa shape index (κ1) is 19.8. The molecule has 2 N–H and O–H groups in total. The molecule has 3 aromatic carbocycles. The van der Waals surface area contributed by atoms with E-state index in [2.05, 4.69) is 10.6 Å². The lowest BCUT2D eigenvalue weighted by molar-refractivity contribution is -0.113. The second-order valence-electron chi connectivity index (χ2n) is 6.49. The summed E-state index contributed by atoms with van der Waals surface area (Å²) in [6, 6.07) is 26.0. The Kier molecular flexibility index (Phi) is 6.74. The number of nitrogens with one attached hydrogen (secondary N) is 2. The van der Waals surface area contributed by atoms with Crippen molar-refractivity contribution in [3.63, 3.8) is 0 Å². The SMILES string of the molecule is Cc1cccc(NC(=O)/C(=C/C=C/c2ccccc2)NC(=O)c2ccccc2)c1. The highest BCUT2D eigenvalue weighted by molar-refractivity contribution is 6.08. The Labute approximate surface area is 170 Å². The zero-order valence-electron chi connectivity index (χ0n) is 16.1. The molecule has 0 fully saturated rings. The average molecular weight is 382 g/mol. The second-order valence-corrected chi connectivity index (χ2v) is 6.49. The lowest BCUT2D eigenvalue weighted by Gasteiger charge is -2.11. The van der Waals surface area contributed by atoms with Gasteiger partial charge in [-0.15, -0.1) is 0 Å². The second kappa shape index (κ2) is 9.85. The maximum Gasteiger partial charge on any atom is 0.272 e. The minimum absolute atomic E-state index is 0.160. The smallest absolute Gasteiger partial charge is 0.272 e. The molecular formula is C25H22N2O2. The van der Waals surface area contributed by atoms with Crippen LogP contribution in [0.5, 0.6) is 0 Å². The van der Waals surface area contributed by atoms with E-state index in [1.165, 1.54) is 0 Å². The Bertz CT molecular complexity index is 1040. The van der Waals surface area contributed by atoms with Gasteiger partial charge in [0.1, 0.15) is 5.70 Å². The summed E-state index contributed by atoms with van der Waals surface area (Å²) in [7, 11) is 0. The zero-order valence-corrected chi connectivity index (χ0v) is 16.1. The van der Waals surface area contributed by atoms with Crippen molar-refractivity contribution in [1.29, 1.82) is 0 Å². The number of hydrogen-bond donors (Lipinski definition) is 2. The number of carbonyl (C=O) groups is 2. The summed E-state index contributed by atoms with van der Waals surface area (Å²) in [6.07, 6.45) is 5.21. The van der Waals surface area contributed by atoms with Gasteiger partial charge in [0, 0.05) is 11.3 Å². The number of rotatable bonds is 6. The predicted octanol–water partition coefficient (Wildman–Crippen LogP) is 4.96. The summed E-state index contributed by atoms with van der Waals surface area (Å²) in [6.45, 7) is 1.95. The third-order valence-corrected chi connectivity index (χ3v) is 4.16. The standard InChI is InChI=1S/C25H22N2O2/c1-19-10-8-16-22(18-19)26-25(29)23(17-9-13-20-11-4-2-5-12-20)27-24(28)21-14-6-3-7-15-21/h2-18H,1H3,(H,26,29)(H,27,28)/b13-9+,23-17-. The van der Waals surface area contributed by atoms with Crippen molar-refractivity contribution in [3.8, 4) is 0 Å². The van der Waals surface area contributed by atoms with E-state index in [-0.39, 0.29) is 11.6 Å². The fourth-order valence-corrected chi connectivity index (χ4v) is 2.70. The molecule has 0 bridgehead atoms. The number of allylic oxidation sites excluding steroid dienone is 2. The van der Waals surface area contributed by atoms with Gasteiger partial charge in [0.15, 0.2) is 0 Å². The highest BCUT2D eigenvalue weighted by atomic mass is 16.2. The van der Waals surface area contributed by atoms with Crippen molar-refractivity contribution in [2.75, 3.05) is 5.32 Å². The van der Waals surface area contributed by atoms with Gasteiger partial charge in [-0.1, -0.05) is 72.8 Å². The highest BCUT2D eigenvalue weighted by Gasteiger charge is 2.14. The molecule has 0 heterocycles. The zero-order chi connectivity index (χ0) is 20.5. The van der Waals surface area contributed by atoms with Crippen molar-refractivity contribution in [3.05, 3.63) is 119 Å². The maximum absolute atomic E-state index is 12.8. The van der Waals surface area contributed by atoms with Crippen LogP contribution in [0.2, 0.25) is 0 Å². The minimum atomic E-state index is -0.391. The molecule has 0 radical (unpaired) electrons. The first-order valence-corrected chi connectivity index (χ1v) is 9.29. The van der Waals surface area contributed by atoms with E-state index in [1.807, 2.05) is 67.6 Å². The summed E-state index contributed by atoms with van der Waals surface area (Å²) in [5, 5.41) is 5.55. The summed E-state index contributed by atoms with van der Waals surface area (Å²) in [5.74, 6) is -0.734. The van der Waals surface area contributed by atoms with Gasteiger partial charge in [-0.2, -0.15) is 0 Å². The Morgan fingerprint density at radius 2 is 1.52 bits per heavy atom. The molecule has 4 heteroatoms. The molecule has 0 spiro atoms.